The van der Waals surface area contributed by atoms with Crippen molar-refractivity contribution < 1.29 is 4.12 Å². The number of rotatable bonds is 6. The Kier molecular flexibility index (Phi) is 7.00. The van der Waals surface area contributed by atoms with Gasteiger partial charge in [0.2, 0.25) is 0 Å². The Hall–Kier alpha value is 0.394. The van der Waals surface area contributed by atoms with Gasteiger partial charge in [-0.25, -0.2) is 0 Å². The van der Waals surface area contributed by atoms with Gasteiger partial charge in [-0.2, -0.15) is 0 Å². The summed E-state index contributed by atoms with van der Waals surface area (Å²) in [6, 6.07) is 2.61. The highest BCUT2D eigenvalue weighted by atomic mass is 28.4. The summed E-state index contributed by atoms with van der Waals surface area (Å²) in [4.78, 5) is 0. The topological polar surface area (TPSA) is 9.23 Å². The van der Waals surface area contributed by atoms with Crippen molar-refractivity contribution in [1.29, 1.82) is 0 Å². The summed E-state index contributed by atoms with van der Waals surface area (Å²) in [6.45, 7) is 13.9. The highest BCUT2D eigenvalue weighted by molar-refractivity contribution is 6.67. The second-order valence-electron chi connectivity index (χ2n) is 4.53. The summed E-state index contributed by atoms with van der Waals surface area (Å²) in [7, 11) is -1.71. The van der Waals surface area contributed by atoms with Gasteiger partial charge in [-0.1, -0.05) is 41.5 Å². The summed E-state index contributed by atoms with van der Waals surface area (Å²) in [5, 5.41) is 0. The molecule has 0 bridgehead atoms. The van der Waals surface area contributed by atoms with Crippen molar-refractivity contribution in [3.05, 3.63) is 0 Å². The molecule has 0 aromatic carbocycles. The van der Waals surface area contributed by atoms with Gasteiger partial charge in [0.15, 0.2) is 18.1 Å². The van der Waals surface area contributed by atoms with Crippen LogP contribution in [-0.2, 0) is 4.12 Å². The maximum absolute atomic E-state index is 6.35. The molecule has 13 heavy (non-hydrogen) atoms. The van der Waals surface area contributed by atoms with E-state index in [1.54, 1.807) is 0 Å². The molecule has 0 rings (SSSR count). The molecule has 3 heteroatoms. The molecule has 0 aliphatic rings. The second kappa shape index (κ2) is 6.79. The third-order valence-corrected chi connectivity index (χ3v) is 9.82. The standard InChI is InChI=1S/C10H26OSi2/c1-7-12(8-2)11-13(9(3)4)10(5)6/h9-10,12-13H,7-8H2,1-6H3. The minimum absolute atomic E-state index is 0.799. The Morgan fingerprint density at radius 3 is 1.54 bits per heavy atom. The Morgan fingerprint density at radius 1 is 0.923 bits per heavy atom. The average Bonchev–Trinajstić information content (AvgIpc) is 2.05. The molecule has 0 unspecified atom stereocenters. The van der Waals surface area contributed by atoms with E-state index in [2.05, 4.69) is 41.5 Å². The summed E-state index contributed by atoms with van der Waals surface area (Å²) in [5.74, 6) is 0. The molecule has 0 saturated carbocycles. The van der Waals surface area contributed by atoms with Crippen molar-refractivity contribution in [2.45, 2.75) is 64.7 Å². The lowest BCUT2D eigenvalue weighted by Gasteiger charge is -2.27. The zero-order valence-corrected chi connectivity index (χ0v) is 12.4. The van der Waals surface area contributed by atoms with Gasteiger partial charge in [-0.05, 0) is 23.2 Å². The van der Waals surface area contributed by atoms with Gasteiger partial charge in [0.05, 0.1) is 0 Å². The Balaban J connectivity index is 4.08. The predicted octanol–water partition coefficient (Wildman–Crippen LogP) is 3.31. The zero-order valence-electron chi connectivity index (χ0n) is 10.1. The smallest absolute Gasteiger partial charge is 0.168 e. The molecular formula is C10H26OSi2. The van der Waals surface area contributed by atoms with E-state index in [0.717, 1.165) is 11.1 Å². The van der Waals surface area contributed by atoms with Crippen LogP contribution in [0.15, 0.2) is 0 Å². The Labute approximate surface area is 87.3 Å². The molecule has 0 saturated heterocycles. The van der Waals surface area contributed by atoms with Crippen LogP contribution in [0.25, 0.3) is 0 Å². The van der Waals surface area contributed by atoms with Crippen molar-refractivity contribution in [3.63, 3.8) is 0 Å². The van der Waals surface area contributed by atoms with E-state index in [-0.39, 0.29) is 0 Å². The lowest BCUT2D eigenvalue weighted by atomic mass is 10.5. The minimum atomic E-state index is -0.912. The maximum atomic E-state index is 6.35. The third kappa shape index (κ3) is 4.98. The van der Waals surface area contributed by atoms with Crippen LogP contribution in [-0.4, -0.2) is 18.1 Å². The Bertz CT molecular complexity index is 114. The quantitative estimate of drug-likeness (QED) is 0.622. The molecule has 0 amide bonds. The molecule has 0 aromatic rings. The van der Waals surface area contributed by atoms with Gasteiger partial charge in [0, 0.05) is 0 Å². The highest BCUT2D eigenvalue weighted by Gasteiger charge is 2.23. The van der Waals surface area contributed by atoms with Crippen LogP contribution in [0.2, 0.25) is 23.2 Å². The van der Waals surface area contributed by atoms with Crippen molar-refractivity contribution in [3.8, 4) is 0 Å². The fourth-order valence-corrected chi connectivity index (χ4v) is 9.74. The van der Waals surface area contributed by atoms with Gasteiger partial charge in [0.25, 0.3) is 0 Å². The molecule has 0 aliphatic heterocycles. The second-order valence-corrected chi connectivity index (χ2v) is 12.1. The summed E-state index contributed by atoms with van der Waals surface area (Å²) in [5.41, 5.74) is 1.60. The van der Waals surface area contributed by atoms with E-state index in [9.17, 15) is 0 Å². The SMILES string of the molecule is CC[SiH](CC)O[SiH](C(C)C)C(C)C. The first-order valence-corrected chi connectivity index (χ1v) is 9.59. The number of hydrogen-bond donors (Lipinski definition) is 0. The van der Waals surface area contributed by atoms with E-state index in [1.165, 1.54) is 12.1 Å². The van der Waals surface area contributed by atoms with Crippen molar-refractivity contribution >= 4 is 18.1 Å². The van der Waals surface area contributed by atoms with E-state index >= 15 is 0 Å². The molecule has 1 nitrogen and oxygen atoms in total. The molecule has 0 aliphatic carbocycles. The fourth-order valence-electron chi connectivity index (χ4n) is 1.79. The molecular weight excluding hydrogens is 192 g/mol. The van der Waals surface area contributed by atoms with Crippen LogP contribution in [0.4, 0.5) is 0 Å². The lowest BCUT2D eigenvalue weighted by Crippen LogP contribution is -2.32. The normalized spacial score (nSPS) is 12.5. The van der Waals surface area contributed by atoms with Crippen LogP contribution in [0.5, 0.6) is 0 Å². The molecule has 80 valence electrons. The first-order chi connectivity index (χ1) is 6.02. The van der Waals surface area contributed by atoms with E-state index < -0.39 is 18.1 Å². The molecule has 0 heterocycles. The van der Waals surface area contributed by atoms with Crippen molar-refractivity contribution in [2.24, 2.45) is 0 Å². The first-order valence-electron chi connectivity index (χ1n) is 5.68. The minimum Gasteiger partial charge on any atom is -0.459 e. The van der Waals surface area contributed by atoms with Crippen molar-refractivity contribution in [1.82, 2.24) is 0 Å². The highest BCUT2D eigenvalue weighted by Crippen LogP contribution is 2.22. The van der Waals surface area contributed by atoms with Crippen LogP contribution in [0.3, 0.4) is 0 Å². The van der Waals surface area contributed by atoms with Crippen molar-refractivity contribution in [2.75, 3.05) is 0 Å². The molecule has 0 fully saturated rings. The Morgan fingerprint density at radius 2 is 1.31 bits per heavy atom. The van der Waals surface area contributed by atoms with Gasteiger partial charge in [-0.3, -0.25) is 0 Å². The molecule has 0 spiro atoms. The van der Waals surface area contributed by atoms with E-state index in [0.29, 0.717) is 0 Å². The van der Waals surface area contributed by atoms with E-state index in [1.807, 2.05) is 0 Å². The van der Waals surface area contributed by atoms with E-state index in [4.69, 9.17) is 4.12 Å². The average molecular weight is 218 g/mol. The zero-order chi connectivity index (χ0) is 10.4. The van der Waals surface area contributed by atoms with Gasteiger partial charge in [-0.15, -0.1) is 0 Å². The monoisotopic (exact) mass is 218 g/mol. The molecule has 0 N–H and O–H groups in total. The maximum Gasteiger partial charge on any atom is 0.168 e. The van der Waals surface area contributed by atoms with Crippen LogP contribution >= 0.6 is 0 Å². The summed E-state index contributed by atoms with van der Waals surface area (Å²) < 4.78 is 6.35. The fraction of sp³-hybridized carbons (Fsp3) is 1.00. The molecule has 0 atom stereocenters. The summed E-state index contributed by atoms with van der Waals surface area (Å²) >= 11 is 0. The predicted molar refractivity (Wildman–Crippen MR) is 66.5 cm³/mol. The van der Waals surface area contributed by atoms with Gasteiger partial charge >= 0.3 is 0 Å². The summed E-state index contributed by atoms with van der Waals surface area (Å²) in [6.07, 6.45) is 0. The van der Waals surface area contributed by atoms with Crippen LogP contribution < -0.4 is 0 Å². The molecule has 0 aromatic heterocycles. The third-order valence-electron chi connectivity index (χ3n) is 2.57. The van der Waals surface area contributed by atoms with Gasteiger partial charge < -0.3 is 4.12 Å². The van der Waals surface area contributed by atoms with Crippen LogP contribution in [0.1, 0.15) is 41.5 Å². The molecule has 0 radical (unpaired) electrons. The van der Waals surface area contributed by atoms with Crippen LogP contribution in [0, 0.1) is 0 Å². The number of hydrogen-bond acceptors (Lipinski definition) is 1. The first kappa shape index (κ1) is 13.4. The van der Waals surface area contributed by atoms with Gasteiger partial charge in [0.1, 0.15) is 0 Å². The lowest BCUT2D eigenvalue weighted by molar-refractivity contribution is 0.544. The largest absolute Gasteiger partial charge is 0.459 e.